The van der Waals surface area contributed by atoms with Crippen LogP contribution < -0.4 is 10.5 Å². The summed E-state index contributed by atoms with van der Waals surface area (Å²) in [6, 6.07) is 1.90. The van der Waals surface area contributed by atoms with Gasteiger partial charge in [-0.25, -0.2) is 13.6 Å². The summed E-state index contributed by atoms with van der Waals surface area (Å²) in [5, 5.41) is 17.8. The van der Waals surface area contributed by atoms with E-state index in [1.807, 2.05) is 0 Å². The van der Waals surface area contributed by atoms with Crippen molar-refractivity contribution in [3.8, 4) is 0 Å². The molecule has 11 heteroatoms. The Bertz CT molecular complexity index is 615. The number of nitro groups is 1. The smallest absolute Gasteiger partial charge is 0.378 e. The molecule has 0 atom stereocenters. The summed E-state index contributed by atoms with van der Waals surface area (Å²) < 4.78 is 58.7. The molecule has 0 bridgehead atoms. The van der Waals surface area contributed by atoms with Gasteiger partial charge in [-0.1, -0.05) is 0 Å². The number of nitrogens with one attached hydrogen (secondary N) is 1. The first kappa shape index (κ1) is 16.2. The lowest BCUT2D eigenvalue weighted by Gasteiger charge is -2.10. The molecule has 0 aliphatic rings. The molecule has 0 fully saturated rings. The third-order valence-electron chi connectivity index (χ3n) is 2.22. The van der Waals surface area contributed by atoms with E-state index >= 15 is 0 Å². The monoisotopic (exact) mass is 313 g/mol. The van der Waals surface area contributed by atoms with E-state index in [1.165, 1.54) is 0 Å². The number of alkyl halides is 3. The maximum atomic E-state index is 12.4. The number of hydrogen-bond donors (Lipinski definition) is 2. The molecule has 0 saturated carbocycles. The number of primary sulfonamides is 1. The highest BCUT2D eigenvalue weighted by Gasteiger charge is 2.33. The molecule has 0 saturated heterocycles. The van der Waals surface area contributed by atoms with Crippen molar-refractivity contribution in [1.82, 2.24) is 0 Å². The maximum absolute atomic E-state index is 12.4. The predicted octanol–water partition coefficient (Wildman–Crippen LogP) is 1.31. The molecule has 112 valence electrons. The van der Waals surface area contributed by atoms with Crippen LogP contribution in [0, 0.1) is 10.1 Å². The van der Waals surface area contributed by atoms with E-state index in [-0.39, 0.29) is 12.2 Å². The largest absolute Gasteiger partial charge is 0.416 e. The molecule has 0 unspecified atom stereocenters. The summed E-state index contributed by atoms with van der Waals surface area (Å²) in [7, 11) is -3.77. The molecular weight excluding hydrogens is 303 g/mol. The van der Waals surface area contributed by atoms with Crippen LogP contribution in [0.1, 0.15) is 5.56 Å². The fourth-order valence-electron chi connectivity index (χ4n) is 1.34. The van der Waals surface area contributed by atoms with Crippen molar-refractivity contribution >= 4 is 21.4 Å². The summed E-state index contributed by atoms with van der Waals surface area (Å²) in [6.07, 6.45) is -4.70. The zero-order valence-electron chi connectivity index (χ0n) is 9.85. The quantitative estimate of drug-likeness (QED) is 0.628. The molecule has 0 aliphatic heterocycles. The molecule has 20 heavy (non-hydrogen) atoms. The van der Waals surface area contributed by atoms with Gasteiger partial charge in [-0.05, 0) is 12.1 Å². The second kappa shape index (κ2) is 5.63. The van der Waals surface area contributed by atoms with E-state index in [4.69, 9.17) is 5.14 Å². The van der Waals surface area contributed by atoms with Gasteiger partial charge in [-0.3, -0.25) is 10.1 Å². The summed E-state index contributed by atoms with van der Waals surface area (Å²) in [6.45, 7) is -0.259. The molecule has 0 heterocycles. The minimum atomic E-state index is -4.70. The number of nitro benzene ring substituents is 1. The SMILES string of the molecule is NS(=O)(=O)CCNc1ccc(C(F)(F)F)cc1[N+](=O)[O-]. The van der Waals surface area contributed by atoms with E-state index < -0.39 is 38.1 Å². The second-order valence-corrected chi connectivity index (χ2v) is 5.51. The Morgan fingerprint density at radius 1 is 1.35 bits per heavy atom. The van der Waals surface area contributed by atoms with E-state index in [1.54, 1.807) is 0 Å². The van der Waals surface area contributed by atoms with Crippen LogP contribution in [-0.4, -0.2) is 25.6 Å². The van der Waals surface area contributed by atoms with Crippen LogP contribution in [0.3, 0.4) is 0 Å². The Morgan fingerprint density at radius 3 is 2.40 bits per heavy atom. The van der Waals surface area contributed by atoms with Gasteiger partial charge in [0.25, 0.3) is 5.69 Å². The topological polar surface area (TPSA) is 115 Å². The van der Waals surface area contributed by atoms with Crippen LogP contribution in [0.2, 0.25) is 0 Å². The lowest BCUT2D eigenvalue weighted by molar-refractivity contribution is -0.384. The highest BCUT2D eigenvalue weighted by Crippen LogP contribution is 2.34. The predicted molar refractivity (Wildman–Crippen MR) is 64.6 cm³/mol. The Hall–Kier alpha value is -1.88. The van der Waals surface area contributed by atoms with Crippen molar-refractivity contribution in [3.63, 3.8) is 0 Å². The number of benzene rings is 1. The standard InChI is InChI=1S/C9H10F3N3O4S/c10-9(11,12)6-1-2-7(8(5-6)15(16)17)14-3-4-20(13,18)19/h1-2,5,14H,3-4H2,(H2,13,18,19). The number of rotatable bonds is 5. The summed E-state index contributed by atoms with van der Waals surface area (Å²) in [5.41, 5.74) is -2.18. The van der Waals surface area contributed by atoms with Crippen molar-refractivity contribution in [2.75, 3.05) is 17.6 Å². The molecule has 0 radical (unpaired) electrons. The number of halogens is 3. The van der Waals surface area contributed by atoms with Gasteiger partial charge in [0.15, 0.2) is 0 Å². The van der Waals surface area contributed by atoms with Gasteiger partial charge in [0, 0.05) is 12.6 Å². The third kappa shape index (κ3) is 4.66. The molecule has 0 aromatic heterocycles. The Labute approximate surface area is 111 Å². The first-order valence-corrected chi connectivity index (χ1v) is 6.82. The van der Waals surface area contributed by atoms with Crippen LogP contribution >= 0.6 is 0 Å². The first-order valence-electron chi connectivity index (χ1n) is 5.10. The lowest BCUT2D eigenvalue weighted by atomic mass is 10.1. The van der Waals surface area contributed by atoms with E-state index in [9.17, 15) is 31.7 Å². The average molecular weight is 313 g/mol. The fourth-order valence-corrected chi connectivity index (χ4v) is 1.72. The lowest BCUT2D eigenvalue weighted by Crippen LogP contribution is -2.22. The van der Waals surface area contributed by atoms with Crippen LogP contribution in [0.5, 0.6) is 0 Å². The average Bonchev–Trinajstić information content (AvgIpc) is 2.25. The normalized spacial score (nSPS) is 12.2. The van der Waals surface area contributed by atoms with E-state index in [0.717, 1.165) is 6.07 Å². The Kier molecular flexibility index (Phi) is 4.55. The summed E-state index contributed by atoms with van der Waals surface area (Å²) >= 11 is 0. The summed E-state index contributed by atoms with van der Waals surface area (Å²) in [4.78, 5) is 9.72. The first-order chi connectivity index (χ1) is 9.00. The van der Waals surface area contributed by atoms with Crippen LogP contribution in [0.25, 0.3) is 0 Å². The third-order valence-corrected chi connectivity index (χ3v) is 3.00. The zero-order valence-corrected chi connectivity index (χ0v) is 10.7. The number of anilines is 1. The molecule has 1 rings (SSSR count). The Morgan fingerprint density at radius 2 is 1.95 bits per heavy atom. The second-order valence-electron chi connectivity index (χ2n) is 3.78. The fraction of sp³-hybridized carbons (Fsp3) is 0.333. The number of hydrogen-bond acceptors (Lipinski definition) is 5. The number of sulfonamides is 1. The number of nitrogens with two attached hydrogens (primary N) is 1. The Balaban J connectivity index is 3.00. The van der Waals surface area contributed by atoms with Crippen LogP contribution in [0.15, 0.2) is 18.2 Å². The minimum Gasteiger partial charge on any atom is -0.378 e. The van der Waals surface area contributed by atoms with Crippen LogP contribution in [-0.2, 0) is 16.2 Å². The van der Waals surface area contributed by atoms with E-state index in [2.05, 4.69) is 5.32 Å². The molecule has 3 N–H and O–H groups in total. The van der Waals surface area contributed by atoms with Gasteiger partial charge >= 0.3 is 6.18 Å². The zero-order chi connectivity index (χ0) is 15.6. The molecule has 1 aromatic carbocycles. The van der Waals surface area contributed by atoms with Crippen LogP contribution in [0.4, 0.5) is 24.5 Å². The van der Waals surface area contributed by atoms with Gasteiger partial charge < -0.3 is 5.32 Å². The van der Waals surface area contributed by atoms with E-state index in [0.29, 0.717) is 12.1 Å². The highest BCUT2D eigenvalue weighted by molar-refractivity contribution is 7.89. The molecule has 1 aromatic rings. The molecular formula is C9H10F3N3O4S. The van der Waals surface area contributed by atoms with Crippen molar-refractivity contribution in [2.24, 2.45) is 5.14 Å². The van der Waals surface area contributed by atoms with Crippen molar-refractivity contribution in [2.45, 2.75) is 6.18 Å². The van der Waals surface area contributed by atoms with Gasteiger partial charge in [-0.15, -0.1) is 0 Å². The van der Waals surface area contributed by atoms with Gasteiger partial charge in [0.05, 0.1) is 16.2 Å². The van der Waals surface area contributed by atoms with Crippen molar-refractivity contribution in [3.05, 3.63) is 33.9 Å². The summed E-state index contributed by atoms with van der Waals surface area (Å²) in [5.74, 6) is -0.509. The molecule has 0 amide bonds. The molecule has 0 spiro atoms. The van der Waals surface area contributed by atoms with Gasteiger partial charge in [0.2, 0.25) is 10.0 Å². The van der Waals surface area contributed by atoms with Gasteiger partial charge in [0.1, 0.15) is 5.69 Å². The molecule has 0 aliphatic carbocycles. The van der Waals surface area contributed by atoms with Crippen molar-refractivity contribution < 1.29 is 26.5 Å². The molecule has 7 nitrogen and oxygen atoms in total. The number of nitrogens with zero attached hydrogens (tertiary/aromatic N) is 1. The minimum absolute atomic E-state index is 0.216. The van der Waals surface area contributed by atoms with Gasteiger partial charge in [-0.2, -0.15) is 13.2 Å². The van der Waals surface area contributed by atoms with Crippen molar-refractivity contribution in [1.29, 1.82) is 0 Å². The maximum Gasteiger partial charge on any atom is 0.416 e. The highest BCUT2D eigenvalue weighted by atomic mass is 32.2.